The van der Waals surface area contributed by atoms with Gasteiger partial charge in [-0.2, -0.15) is 0 Å². The Kier molecular flexibility index (Phi) is 8.38. The molecule has 3 aromatic rings. The monoisotopic (exact) mass is 531 g/mol. The standard InChI is InChI=1S/C25H24F3N5O5/c1-36-24-29-13-18(14-30-24)16-2-5-19(6-3-16)31-23(35)17-4-7-21(38-25(26,27)28)20(12-17)32-22(34)15-33-8-10-37-11-9-33/h2-7,12-14H,8-11,15H2,1H3,(H,31,35)(H,32,34). The second kappa shape index (κ2) is 11.9. The molecule has 2 heterocycles. The van der Waals surface area contributed by atoms with Crippen LogP contribution in [0.2, 0.25) is 0 Å². The Morgan fingerprint density at radius 3 is 2.32 bits per heavy atom. The van der Waals surface area contributed by atoms with E-state index in [1.165, 1.54) is 13.2 Å². The molecule has 1 fully saturated rings. The minimum atomic E-state index is -4.98. The van der Waals surface area contributed by atoms with Gasteiger partial charge in [0, 0.05) is 42.3 Å². The van der Waals surface area contributed by atoms with E-state index < -0.39 is 23.9 Å². The third-order valence-electron chi connectivity index (χ3n) is 5.50. The lowest BCUT2D eigenvalue weighted by molar-refractivity contribution is -0.274. The molecule has 0 atom stereocenters. The number of hydrogen-bond donors (Lipinski definition) is 2. The summed E-state index contributed by atoms with van der Waals surface area (Å²) >= 11 is 0. The van der Waals surface area contributed by atoms with Crippen LogP contribution in [-0.4, -0.2) is 73.0 Å². The fourth-order valence-electron chi connectivity index (χ4n) is 3.65. The molecule has 200 valence electrons. The summed E-state index contributed by atoms with van der Waals surface area (Å²) in [6.07, 6.45) is -1.79. The smallest absolute Gasteiger partial charge is 0.467 e. The van der Waals surface area contributed by atoms with E-state index in [-0.39, 0.29) is 23.8 Å². The number of benzene rings is 2. The van der Waals surface area contributed by atoms with Gasteiger partial charge in [0.1, 0.15) is 0 Å². The average molecular weight is 531 g/mol. The van der Waals surface area contributed by atoms with Gasteiger partial charge in [-0.3, -0.25) is 14.5 Å². The molecule has 13 heteroatoms. The summed E-state index contributed by atoms with van der Waals surface area (Å²) in [5, 5.41) is 5.11. The van der Waals surface area contributed by atoms with Crippen LogP contribution >= 0.6 is 0 Å². The number of rotatable bonds is 8. The van der Waals surface area contributed by atoms with Crippen molar-refractivity contribution in [1.82, 2.24) is 14.9 Å². The molecule has 0 unspecified atom stereocenters. The van der Waals surface area contributed by atoms with Crippen LogP contribution in [0.5, 0.6) is 11.8 Å². The van der Waals surface area contributed by atoms with Gasteiger partial charge in [-0.15, -0.1) is 13.2 Å². The van der Waals surface area contributed by atoms with E-state index >= 15 is 0 Å². The molecule has 1 saturated heterocycles. The molecule has 38 heavy (non-hydrogen) atoms. The zero-order valence-corrected chi connectivity index (χ0v) is 20.2. The number of alkyl halides is 3. The van der Waals surface area contributed by atoms with Crippen molar-refractivity contribution in [3.05, 3.63) is 60.4 Å². The highest BCUT2D eigenvalue weighted by Gasteiger charge is 2.32. The molecule has 0 aliphatic carbocycles. The van der Waals surface area contributed by atoms with Crippen molar-refractivity contribution in [3.8, 4) is 22.9 Å². The molecule has 1 aromatic heterocycles. The summed E-state index contributed by atoms with van der Waals surface area (Å²) in [6.45, 7) is 1.91. The maximum atomic E-state index is 12.9. The molecule has 1 aliphatic rings. The number of aromatic nitrogens is 2. The first-order valence-electron chi connectivity index (χ1n) is 11.5. The number of carbonyl (C=O) groups is 2. The summed E-state index contributed by atoms with van der Waals surface area (Å²) < 4.78 is 53.0. The zero-order valence-electron chi connectivity index (χ0n) is 20.2. The molecule has 0 saturated carbocycles. The van der Waals surface area contributed by atoms with Crippen LogP contribution in [0.25, 0.3) is 11.1 Å². The molecule has 0 spiro atoms. The highest BCUT2D eigenvalue weighted by molar-refractivity contribution is 6.06. The number of amides is 2. The normalized spacial score (nSPS) is 14.0. The quantitative estimate of drug-likeness (QED) is 0.454. The Bertz CT molecular complexity index is 1260. The van der Waals surface area contributed by atoms with Crippen LogP contribution in [0.15, 0.2) is 54.9 Å². The van der Waals surface area contributed by atoms with Gasteiger partial charge in [0.2, 0.25) is 5.91 Å². The van der Waals surface area contributed by atoms with Crippen LogP contribution in [-0.2, 0) is 9.53 Å². The highest BCUT2D eigenvalue weighted by atomic mass is 19.4. The van der Waals surface area contributed by atoms with Crippen LogP contribution in [0, 0.1) is 0 Å². The lowest BCUT2D eigenvalue weighted by atomic mass is 10.1. The Labute approximate surface area is 215 Å². The zero-order chi connectivity index (χ0) is 27.1. The first-order valence-corrected chi connectivity index (χ1v) is 11.5. The Hall–Kier alpha value is -4.23. The fourth-order valence-corrected chi connectivity index (χ4v) is 3.65. The minimum absolute atomic E-state index is 0.0221. The van der Waals surface area contributed by atoms with Crippen molar-refractivity contribution in [3.63, 3.8) is 0 Å². The SMILES string of the molecule is COc1ncc(-c2ccc(NC(=O)c3ccc(OC(F)(F)F)c(NC(=O)CN4CCOCC4)c3)cc2)cn1. The number of nitrogens with zero attached hydrogens (tertiary/aromatic N) is 3. The van der Waals surface area contributed by atoms with Gasteiger partial charge >= 0.3 is 12.4 Å². The van der Waals surface area contributed by atoms with E-state index in [2.05, 4.69) is 25.3 Å². The van der Waals surface area contributed by atoms with E-state index in [1.54, 1.807) is 41.6 Å². The van der Waals surface area contributed by atoms with E-state index in [9.17, 15) is 22.8 Å². The molecular weight excluding hydrogens is 507 g/mol. The van der Waals surface area contributed by atoms with Gasteiger partial charge < -0.3 is 24.8 Å². The number of carbonyl (C=O) groups excluding carboxylic acids is 2. The minimum Gasteiger partial charge on any atom is -0.467 e. The summed E-state index contributed by atoms with van der Waals surface area (Å²) in [7, 11) is 1.46. The lowest BCUT2D eigenvalue weighted by Crippen LogP contribution is -2.41. The van der Waals surface area contributed by atoms with Gasteiger partial charge in [0.05, 0.1) is 32.6 Å². The highest BCUT2D eigenvalue weighted by Crippen LogP contribution is 2.32. The van der Waals surface area contributed by atoms with Gasteiger partial charge in [-0.1, -0.05) is 12.1 Å². The van der Waals surface area contributed by atoms with Crippen LogP contribution in [0.1, 0.15) is 10.4 Å². The van der Waals surface area contributed by atoms with Gasteiger partial charge in [0.15, 0.2) is 5.75 Å². The van der Waals surface area contributed by atoms with Crippen LogP contribution in [0.3, 0.4) is 0 Å². The lowest BCUT2D eigenvalue weighted by Gasteiger charge is -2.26. The van der Waals surface area contributed by atoms with Crippen LogP contribution < -0.4 is 20.1 Å². The van der Waals surface area contributed by atoms with Gasteiger partial charge in [0.25, 0.3) is 5.91 Å². The molecule has 1 aliphatic heterocycles. The molecule has 2 N–H and O–H groups in total. The number of methoxy groups -OCH3 is 1. The summed E-state index contributed by atoms with van der Waals surface area (Å²) in [4.78, 5) is 35.3. The maximum Gasteiger partial charge on any atom is 0.573 e. The molecule has 0 radical (unpaired) electrons. The average Bonchev–Trinajstić information content (AvgIpc) is 2.90. The Morgan fingerprint density at radius 2 is 1.68 bits per heavy atom. The second-order valence-electron chi connectivity index (χ2n) is 8.19. The maximum absolute atomic E-state index is 12.9. The van der Waals surface area contributed by atoms with Gasteiger partial charge in [-0.05, 0) is 35.9 Å². The predicted octanol–water partition coefficient (Wildman–Crippen LogP) is 3.57. The Morgan fingerprint density at radius 1 is 1.00 bits per heavy atom. The summed E-state index contributed by atoms with van der Waals surface area (Å²) in [6, 6.07) is 10.3. The number of ether oxygens (including phenoxy) is 3. The van der Waals surface area contributed by atoms with Crippen molar-refractivity contribution < 1.29 is 37.0 Å². The number of hydrogen-bond acceptors (Lipinski definition) is 8. The summed E-state index contributed by atoms with van der Waals surface area (Å²) in [5.41, 5.74) is 1.73. The van der Waals surface area contributed by atoms with E-state index in [0.717, 1.165) is 23.3 Å². The number of morpholine rings is 1. The van der Waals surface area contributed by atoms with E-state index in [0.29, 0.717) is 32.0 Å². The van der Waals surface area contributed by atoms with E-state index in [4.69, 9.17) is 9.47 Å². The summed E-state index contributed by atoms with van der Waals surface area (Å²) in [5.74, 6) is -1.77. The first-order chi connectivity index (χ1) is 18.2. The largest absolute Gasteiger partial charge is 0.573 e. The van der Waals surface area contributed by atoms with Crippen molar-refractivity contribution in [2.75, 3.05) is 50.6 Å². The number of halogens is 3. The van der Waals surface area contributed by atoms with Crippen molar-refractivity contribution in [2.45, 2.75) is 6.36 Å². The molecule has 2 aromatic carbocycles. The van der Waals surface area contributed by atoms with Crippen molar-refractivity contribution in [1.29, 1.82) is 0 Å². The van der Waals surface area contributed by atoms with Crippen LogP contribution in [0.4, 0.5) is 24.5 Å². The third-order valence-corrected chi connectivity index (χ3v) is 5.50. The molecule has 2 amide bonds. The van der Waals surface area contributed by atoms with E-state index in [1.807, 2.05) is 0 Å². The molecular formula is C25H24F3N5O5. The molecule has 10 nitrogen and oxygen atoms in total. The first kappa shape index (κ1) is 26.8. The van der Waals surface area contributed by atoms with Crippen molar-refractivity contribution in [2.24, 2.45) is 0 Å². The predicted molar refractivity (Wildman–Crippen MR) is 131 cm³/mol. The fraction of sp³-hybridized carbons (Fsp3) is 0.280. The molecule has 0 bridgehead atoms. The third kappa shape index (κ3) is 7.40. The Balaban J connectivity index is 1.47. The molecule has 4 rings (SSSR count). The topological polar surface area (TPSA) is 115 Å². The van der Waals surface area contributed by atoms with Gasteiger partial charge in [-0.25, -0.2) is 9.97 Å². The number of nitrogens with one attached hydrogen (secondary N) is 2. The number of anilines is 2. The van der Waals surface area contributed by atoms with Crippen molar-refractivity contribution >= 4 is 23.2 Å². The second-order valence-corrected chi connectivity index (χ2v) is 8.19.